The van der Waals surface area contributed by atoms with Crippen LogP contribution in [0.5, 0.6) is 0 Å². The Labute approximate surface area is 132 Å². The zero-order valence-electron chi connectivity index (χ0n) is 11.8. The van der Waals surface area contributed by atoms with Crippen LogP contribution in [-0.4, -0.2) is 61.8 Å². The fourth-order valence-electron chi connectivity index (χ4n) is 2.66. The maximum atomic E-state index is 12.5. The summed E-state index contributed by atoms with van der Waals surface area (Å²) in [7, 11) is 0. The molecule has 1 atom stereocenters. The number of hydrogen-bond donors (Lipinski definition) is 0. The zero-order chi connectivity index (χ0) is 14.7. The number of carbonyl (C=O) groups excluding carboxylic acids is 1. The molecule has 0 spiro atoms. The van der Waals surface area contributed by atoms with E-state index in [1.807, 2.05) is 34.1 Å². The van der Waals surface area contributed by atoms with Crippen molar-refractivity contribution in [1.29, 1.82) is 0 Å². The normalized spacial score (nSPS) is 23.2. The molecular formula is C15H19BrN2O3. The molecule has 21 heavy (non-hydrogen) atoms. The molecule has 2 fully saturated rings. The molecular weight excluding hydrogens is 336 g/mol. The number of benzene rings is 1. The molecule has 2 amide bonds. The average molecular weight is 355 g/mol. The number of hydrogen-bond acceptors (Lipinski definition) is 3. The van der Waals surface area contributed by atoms with Crippen molar-refractivity contribution in [2.24, 2.45) is 0 Å². The lowest BCUT2D eigenvalue weighted by atomic mass is 10.1. The summed E-state index contributed by atoms with van der Waals surface area (Å²) in [5.74, 6) is 0. The fourth-order valence-corrected chi connectivity index (χ4v) is 2.92. The highest BCUT2D eigenvalue weighted by atomic mass is 79.9. The number of rotatable bonds is 1. The molecule has 0 aromatic heterocycles. The van der Waals surface area contributed by atoms with Crippen molar-refractivity contribution in [3.05, 3.63) is 34.3 Å². The van der Waals surface area contributed by atoms with Crippen LogP contribution in [0.2, 0.25) is 0 Å². The molecule has 6 heteroatoms. The smallest absolute Gasteiger partial charge is 0.320 e. The Balaban J connectivity index is 1.64. The van der Waals surface area contributed by atoms with Gasteiger partial charge in [-0.05, 0) is 17.7 Å². The van der Waals surface area contributed by atoms with Crippen LogP contribution < -0.4 is 0 Å². The molecule has 2 heterocycles. The third kappa shape index (κ3) is 3.56. The Morgan fingerprint density at radius 1 is 1.05 bits per heavy atom. The van der Waals surface area contributed by atoms with Crippen molar-refractivity contribution in [1.82, 2.24) is 9.80 Å². The molecule has 114 valence electrons. The highest BCUT2D eigenvalue weighted by Crippen LogP contribution is 2.24. The Hall–Kier alpha value is -1.11. The average Bonchev–Trinajstić information content (AvgIpc) is 2.56. The van der Waals surface area contributed by atoms with E-state index < -0.39 is 0 Å². The lowest BCUT2D eigenvalue weighted by Gasteiger charge is -2.37. The van der Waals surface area contributed by atoms with Gasteiger partial charge in [-0.25, -0.2) is 4.79 Å². The topological polar surface area (TPSA) is 42.0 Å². The van der Waals surface area contributed by atoms with E-state index in [1.165, 1.54) is 0 Å². The van der Waals surface area contributed by atoms with Crippen LogP contribution in [0.25, 0.3) is 0 Å². The maximum Gasteiger partial charge on any atom is 0.320 e. The summed E-state index contributed by atoms with van der Waals surface area (Å²) in [6, 6.07) is 8.18. The van der Waals surface area contributed by atoms with Crippen molar-refractivity contribution < 1.29 is 14.3 Å². The first-order valence-electron chi connectivity index (χ1n) is 7.23. The third-order valence-electron chi connectivity index (χ3n) is 3.86. The van der Waals surface area contributed by atoms with Gasteiger partial charge in [0.1, 0.15) is 6.10 Å². The molecule has 0 aliphatic carbocycles. The highest BCUT2D eigenvalue weighted by Gasteiger charge is 2.29. The van der Waals surface area contributed by atoms with E-state index >= 15 is 0 Å². The van der Waals surface area contributed by atoms with Crippen molar-refractivity contribution in [2.45, 2.75) is 6.10 Å². The van der Waals surface area contributed by atoms with E-state index in [2.05, 4.69) is 15.9 Å². The Morgan fingerprint density at radius 2 is 1.71 bits per heavy atom. The minimum Gasteiger partial charge on any atom is -0.378 e. The Bertz CT molecular complexity index is 488. The van der Waals surface area contributed by atoms with Gasteiger partial charge in [0.05, 0.1) is 26.4 Å². The summed E-state index contributed by atoms with van der Waals surface area (Å²) in [6.45, 7) is 4.47. The van der Waals surface area contributed by atoms with Gasteiger partial charge in [0.25, 0.3) is 0 Å². The number of nitrogens with zero attached hydrogens (tertiary/aromatic N) is 2. The second kappa shape index (κ2) is 6.77. The third-order valence-corrected chi connectivity index (χ3v) is 4.39. The molecule has 2 aliphatic rings. The van der Waals surface area contributed by atoms with Crippen LogP contribution in [0, 0.1) is 0 Å². The second-order valence-electron chi connectivity index (χ2n) is 5.24. The van der Waals surface area contributed by atoms with Gasteiger partial charge in [0.2, 0.25) is 0 Å². The molecule has 1 aromatic carbocycles. The molecule has 2 saturated heterocycles. The van der Waals surface area contributed by atoms with Crippen molar-refractivity contribution in [2.75, 3.05) is 46.0 Å². The van der Waals surface area contributed by atoms with Crippen LogP contribution in [0.1, 0.15) is 11.7 Å². The van der Waals surface area contributed by atoms with Gasteiger partial charge in [0.15, 0.2) is 0 Å². The lowest BCUT2D eigenvalue weighted by molar-refractivity contribution is -0.0265. The van der Waals surface area contributed by atoms with Gasteiger partial charge in [-0.2, -0.15) is 0 Å². The molecule has 1 aromatic rings. The van der Waals surface area contributed by atoms with Gasteiger partial charge in [-0.15, -0.1) is 0 Å². The Kier molecular flexibility index (Phi) is 4.77. The zero-order valence-corrected chi connectivity index (χ0v) is 13.4. The molecule has 5 nitrogen and oxygen atoms in total. The molecule has 2 aliphatic heterocycles. The van der Waals surface area contributed by atoms with E-state index in [0.29, 0.717) is 46.0 Å². The Morgan fingerprint density at radius 3 is 2.43 bits per heavy atom. The lowest BCUT2D eigenvalue weighted by Crippen LogP contribution is -2.51. The molecule has 0 N–H and O–H groups in total. The summed E-state index contributed by atoms with van der Waals surface area (Å²) in [5, 5.41) is 0. The van der Waals surface area contributed by atoms with E-state index in [-0.39, 0.29) is 12.1 Å². The summed E-state index contributed by atoms with van der Waals surface area (Å²) in [6.07, 6.45) is -0.0446. The monoisotopic (exact) mass is 354 g/mol. The summed E-state index contributed by atoms with van der Waals surface area (Å²) < 4.78 is 12.2. The van der Waals surface area contributed by atoms with Crippen molar-refractivity contribution in [3.63, 3.8) is 0 Å². The number of carbonyl (C=O) groups is 1. The summed E-state index contributed by atoms with van der Waals surface area (Å²) in [5.41, 5.74) is 1.11. The predicted octanol–water partition coefficient (Wildman–Crippen LogP) is 2.27. The summed E-state index contributed by atoms with van der Waals surface area (Å²) >= 11 is 3.43. The first-order valence-corrected chi connectivity index (χ1v) is 8.02. The van der Waals surface area contributed by atoms with Gasteiger partial charge in [-0.1, -0.05) is 28.1 Å². The van der Waals surface area contributed by atoms with Crippen molar-refractivity contribution >= 4 is 22.0 Å². The van der Waals surface area contributed by atoms with Crippen LogP contribution >= 0.6 is 15.9 Å². The largest absolute Gasteiger partial charge is 0.378 e. The SMILES string of the molecule is O=C(N1CCOCC1)N1CCOC(c2ccc(Br)cc2)C1. The second-order valence-corrected chi connectivity index (χ2v) is 6.15. The minimum atomic E-state index is -0.0446. The maximum absolute atomic E-state index is 12.5. The van der Waals surface area contributed by atoms with Crippen LogP contribution in [-0.2, 0) is 9.47 Å². The van der Waals surface area contributed by atoms with Crippen LogP contribution in [0.15, 0.2) is 28.7 Å². The summed E-state index contributed by atoms with van der Waals surface area (Å²) in [4.78, 5) is 16.3. The minimum absolute atomic E-state index is 0.0446. The first kappa shape index (κ1) is 14.8. The number of halogens is 1. The van der Waals surface area contributed by atoms with Gasteiger partial charge in [-0.3, -0.25) is 0 Å². The molecule has 1 unspecified atom stereocenters. The van der Waals surface area contributed by atoms with Crippen molar-refractivity contribution in [3.8, 4) is 0 Å². The first-order chi connectivity index (χ1) is 10.2. The van der Waals surface area contributed by atoms with Crippen LogP contribution in [0.3, 0.4) is 0 Å². The standard InChI is InChI=1S/C15H19BrN2O3/c16-13-3-1-12(2-4-13)14-11-18(7-10-21-14)15(19)17-5-8-20-9-6-17/h1-4,14H,5-11H2. The molecule has 3 rings (SSSR count). The predicted molar refractivity (Wildman–Crippen MR) is 82.2 cm³/mol. The molecule has 0 radical (unpaired) electrons. The number of amides is 2. The number of morpholine rings is 2. The quantitative estimate of drug-likeness (QED) is 0.776. The molecule has 0 saturated carbocycles. The van der Waals surface area contributed by atoms with Gasteiger partial charge >= 0.3 is 6.03 Å². The van der Waals surface area contributed by atoms with E-state index in [1.54, 1.807) is 0 Å². The van der Waals surface area contributed by atoms with E-state index in [9.17, 15) is 4.79 Å². The van der Waals surface area contributed by atoms with Gasteiger partial charge < -0.3 is 19.3 Å². The van der Waals surface area contributed by atoms with E-state index in [4.69, 9.17) is 9.47 Å². The molecule has 0 bridgehead atoms. The fraction of sp³-hybridized carbons (Fsp3) is 0.533. The highest BCUT2D eigenvalue weighted by molar-refractivity contribution is 9.10. The number of urea groups is 1. The van der Waals surface area contributed by atoms with Crippen LogP contribution in [0.4, 0.5) is 4.79 Å². The van der Waals surface area contributed by atoms with E-state index in [0.717, 1.165) is 10.0 Å². The van der Waals surface area contributed by atoms with Gasteiger partial charge in [0, 0.05) is 24.1 Å². The number of ether oxygens (including phenoxy) is 2.